The van der Waals surface area contributed by atoms with E-state index in [4.69, 9.17) is 15.2 Å². The van der Waals surface area contributed by atoms with Crippen LogP contribution >= 0.6 is 0 Å². The van der Waals surface area contributed by atoms with Crippen LogP contribution in [-0.2, 0) is 15.1 Å². The van der Waals surface area contributed by atoms with E-state index in [0.29, 0.717) is 30.6 Å². The molecule has 0 bridgehead atoms. The second-order valence-electron chi connectivity index (χ2n) is 6.75. The Balaban J connectivity index is 2.21. The van der Waals surface area contributed by atoms with Crippen LogP contribution in [-0.4, -0.2) is 24.3 Å². The summed E-state index contributed by atoms with van der Waals surface area (Å²) in [6.07, 6.45) is 0.326. The number of alkyl carbamates (subject to hydrolysis) is 1. The van der Waals surface area contributed by atoms with Crippen LogP contribution in [0, 0.1) is 5.82 Å². The first kappa shape index (κ1) is 18.0. The van der Waals surface area contributed by atoms with E-state index in [2.05, 4.69) is 10.3 Å². The molecule has 1 aromatic rings. The minimum atomic E-state index is -0.925. The molecule has 1 heterocycles. The largest absolute Gasteiger partial charge is 0.453 e. The lowest BCUT2D eigenvalue weighted by atomic mass is 9.86. The topological polar surface area (TPSA) is 85.9 Å². The van der Waals surface area contributed by atoms with Gasteiger partial charge in [-0.2, -0.15) is 0 Å². The number of carbonyl (C=O) groups excluding carboxylic acids is 1. The van der Waals surface area contributed by atoms with Crippen molar-refractivity contribution in [1.82, 2.24) is 5.32 Å². The number of nitrogens with zero attached hydrogens (tertiary/aromatic N) is 1. The fourth-order valence-electron chi connectivity index (χ4n) is 2.58. The molecule has 2 rings (SSSR count). The molecular formula is C17H24FN3O3. The molecule has 0 unspecified atom stereocenters. The van der Waals surface area contributed by atoms with E-state index >= 15 is 0 Å². The molecule has 0 fully saturated rings. The normalized spacial score (nSPS) is 20.8. The second-order valence-corrected chi connectivity index (χ2v) is 6.75. The Hall–Kier alpha value is -2.31. The van der Waals surface area contributed by atoms with Crippen molar-refractivity contribution in [2.24, 2.45) is 4.99 Å². The Morgan fingerprint density at radius 1 is 1.50 bits per heavy atom. The monoisotopic (exact) mass is 337 g/mol. The number of carbonyl (C=O) groups is 1. The molecule has 1 aromatic carbocycles. The number of nitrogens with one attached hydrogen (secondary N) is 1. The summed E-state index contributed by atoms with van der Waals surface area (Å²) in [6.45, 7) is 7.56. The minimum absolute atomic E-state index is 0.0270. The number of benzene rings is 1. The zero-order valence-electron chi connectivity index (χ0n) is 14.5. The van der Waals surface area contributed by atoms with Gasteiger partial charge in [0.2, 0.25) is 0 Å². The molecule has 1 aliphatic rings. The van der Waals surface area contributed by atoms with E-state index in [0.717, 1.165) is 0 Å². The standard InChI is InChI=1S/C17H24FN3O3/c1-5-17(12-10-11(19)6-7-13(12)18)8-9-20-14(23-17)21-15(22)24-16(2,3)4/h6-7,10H,5,8-9,19H2,1-4H3,(H,20,21,22)/t17-/m0/s1. The number of amides is 1. The molecule has 0 radical (unpaired) electrons. The average Bonchev–Trinajstić information content (AvgIpc) is 2.47. The molecule has 0 saturated heterocycles. The number of ether oxygens (including phenoxy) is 2. The van der Waals surface area contributed by atoms with Crippen LogP contribution in [0.15, 0.2) is 23.2 Å². The Morgan fingerprint density at radius 2 is 2.21 bits per heavy atom. The Kier molecular flexibility index (Phi) is 5.01. The summed E-state index contributed by atoms with van der Waals surface area (Å²) in [7, 11) is 0. The van der Waals surface area contributed by atoms with Gasteiger partial charge < -0.3 is 15.2 Å². The number of nitrogen functional groups attached to an aromatic ring is 1. The van der Waals surface area contributed by atoms with Gasteiger partial charge in [-0.05, 0) is 45.4 Å². The molecule has 0 aliphatic carbocycles. The molecule has 24 heavy (non-hydrogen) atoms. The highest BCUT2D eigenvalue weighted by molar-refractivity contribution is 5.91. The summed E-state index contributed by atoms with van der Waals surface area (Å²) in [5, 5.41) is 2.48. The molecule has 0 saturated carbocycles. The molecule has 3 N–H and O–H groups in total. The SMILES string of the molecule is CC[C@@]1(c2cc(N)ccc2F)CCN=C(NC(=O)OC(C)(C)C)O1. The molecule has 132 valence electrons. The first-order valence-corrected chi connectivity index (χ1v) is 7.94. The van der Waals surface area contributed by atoms with Crippen molar-refractivity contribution >= 4 is 17.8 Å². The highest BCUT2D eigenvalue weighted by atomic mass is 19.1. The van der Waals surface area contributed by atoms with Crippen LogP contribution in [0.2, 0.25) is 0 Å². The molecule has 1 aliphatic heterocycles. The lowest BCUT2D eigenvalue weighted by Crippen LogP contribution is -2.45. The van der Waals surface area contributed by atoms with Gasteiger partial charge in [-0.3, -0.25) is 0 Å². The van der Waals surface area contributed by atoms with Crippen molar-refractivity contribution in [1.29, 1.82) is 0 Å². The van der Waals surface area contributed by atoms with Crippen LogP contribution in [0.3, 0.4) is 0 Å². The van der Waals surface area contributed by atoms with Crippen LogP contribution in [0.1, 0.15) is 46.1 Å². The maximum atomic E-state index is 14.3. The third-order valence-corrected chi connectivity index (χ3v) is 3.72. The van der Waals surface area contributed by atoms with E-state index in [-0.39, 0.29) is 6.02 Å². The lowest BCUT2D eigenvalue weighted by Gasteiger charge is -2.37. The molecule has 0 aromatic heterocycles. The summed E-state index contributed by atoms with van der Waals surface area (Å²) in [5.74, 6) is -0.399. The van der Waals surface area contributed by atoms with Crippen molar-refractivity contribution in [2.75, 3.05) is 12.3 Å². The molecule has 7 heteroatoms. The van der Waals surface area contributed by atoms with Crippen LogP contribution < -0.4 is 11.1 Å². The van der Waals surface area contributed by atoms with Gasteiger partial charge in [-0.25, -0.2) is 19.5 Å². The maximum absolute atomic E-state index is 14.3. The van der Waals surface area contributed by atoms with E-state index in [1.165, 1.54) is 12.1 Å². The summed E-state index contributed by atoms with van der Waals surface area (Å²) in [5.41, 5.74) is 5.04. The van der Waals surface area contributed by atoms with Gasteiger partial charge in [-0.15, -0.1) is 0 Å². The number of rotatable bonds is 2. The van der Waals surface area contributed by atoms with Crippen LogP contribution in [0.4, 0.5) is 14.9 Å². The fourth-order valence-corrected chi connectivity index (χ4v) is 2.58. The molecular weight excluding hydrogens is 313 g/mol. The predicted octanol–water partition coefficient (Wildman–Crippen LogP) is 3.31. The number of amidine groups is 1. The number of anilines is 1. The van der Waals surface area contributed by atoms with E-state index < -0.39 is 23.1 Å². The third-order valence-electron chi connectivity index (χ3n) is 3.72. The summed E-state index contributed by atoms with van der Waals surface area (Å²) in [6, 6.07) is 4.41. The van der Waals surface area contributed by atoms with Gasteiger partial charge in [0, 0.05) is 24.2 Å². The second kappa shape index (κ2) is 6.67. The quantitative estimate of drug-likeness (QED) is 0.811. The third kappa shape index (κ3) is 4.15. The predicted molar refractivity (Wildman–Crippen MR) is 90.2 cm³/mol. The van der Waals surface area contributed by atoms with Gasteiger partial charge in [0.15, 0.2) is 0 Å². The molecule has 0 spiro atoms. The minimum Gasteiger partial charge on any atom is -0.453 e. The van der Waals surface area contributed by atoms with Crippen molar-refractivity contribution in [3.8, 4) is 0 Å². The van der Waals surface area contributed by atoms with Crippen molar-refractivity contribution in [3.05, 3.63) is 29.6 Å². The molecule has 6 nitrogen and oxygen atoms in total. The molecule has 1 amide bonds. The van der Waals surface area contributed by atoms with Gasteiger partial charge in [0.1, 0.15) is 17.0 Å². The van der Waals surface area contributed by atoms with Gasteiger partial charge in [0.05, 0.1) is 0 Å². The van der Waals surface area contributed by atoms with Gasteiger partial charge in [-0.1, -0.05) is 6.92 Å². The first-order valence-electron chi connectivity index (χ1n) is 7.94. The van der Waals surface area contributed by atoms with E-state index in [9.17, 15) is 9.18 Å². The highest BCUT2D eigenvalue weighted by Gasteiger charge is 2.39. The number of hydrogen-bond donors (Lipinski definition) is 2. The molecule has 1 atom stereocenters. The van der Waals surface area contributed by atoms with E-state index in [1.54, 1.807) is 26.8 Å². The van der Waals surface area contributed by atoms with Gasteiger partial charge >= 0.3 is 6.09 Å². The fraction of sp³-hybridized carbons (Fsp3) is 0.529. The Labute approximate surface area is 141 Å². The Bertz CT molecular complexity index is 655. The number of hydrogen-bond acceptors (Lipinski definition) is 5. The van der Waals surface area contributed by atoms with Crippen molar-refractivity contribution in [2.45, 2.75) is 51.7 Å². The summed E-state index contributed by atoms with van der Waals surface area (Å²) in [4.78, 5) is 16.0. The number of aliphatic imine (C=N–C) groups is 1. The maximum Gasteiger partial charge on any atom is 0.415 e. The summed E-state index contributed by atoms with van der Waals surface area (Å²) < 4.78 is 25.4. The van der Waals surface area contributed by atoms with Crippen LogP contribution in [0.5, 0.6) is 0 Å². The highest BCUT2D eigenvalue weighted by Crippen LogP contribution is 2.37. The van der Waals surface area contributed by atoms with Gasteiger partial charge in [0.25, 0.3) is 6.02 Å². The van der Waals surface area contributed by atoms with E-state index in [1.807, 2.05) is 6.92 Å². The smallest absolute Gasteiger partial charge is 0.415 e. The zero-order valence-corrected chi connectivity index (χ0v) is 14.5. The average molecular weight is 337 g/mol. The lowest BCUT2D eigenvalue weighted by molar-refractivity contribution is 0.0165. The number of nitrogens with two attached hydrogens (primary N) is 1. The number of halogens is 1. The summed E-state index contributed by atoms with van der Waals surface area (Å²) >= 11 is 0. The van der Waals surface area contributed by atoms with Crippen molar-refractivity contribution < 1.29 is 18.7 Å². The Morgan fingerprint density at radius 3 is 2.83 bits per heavy atom. The van der Waals surface area contributed by atoms with Crippen molar-refractivity contribution in [3.63, 3.8) is 0 Å². The zero-order chi connectivity index (χ0) is 18.0. The van der Waals surface area contributed by atoms with Crippen LogP contribution in [0.25, 0.3) is 0 Å². The first-order chi connectivity index (χ1) is 11.1.